The van der Waals surface area contributed by atoms with Crippen molar-refractivity contribution in [3.05, 3.63) is 83.9 Å². The molecule has 4 rings (SSSR count). The van der Waals surface area contributed by atoms with Crippen LogP contribution < -0.4 is 5.32 Å². The highest BCUT2D eigenvalue weighted by Gasteiger charge is 2.29. The van der Waals surface area contributed by atoms with Gasteiger partial charge in [-0.05, 0) is 48.9 Å². The predicted octanol–water partition coefficient (Wildman–Crippen LogP) is 4.83. The molecular weight excluding hydrogens is 395 g/mol. The molecular formula is C21H17FN2O4S. The number of benzene rings is 2. The molecule has 29 heavy (non-hydrogen) atoms. The number of rotatable bonds is 6. The van der Waals surface area contributed by atoms with E-state index in [0.717, 1.165) is 23.3 Å². The number of halogens is 1. The van der Waals surface area contributed by atoms with Crippen molar-refractivity contribution in [1.82, 2.24) is 4.98 Å². The minimum Gasteiger partial charge on any atom is -0.459 e. The Morgan fingerprint density at radius 1 is 1.03 bits per heavy atom. The van der Waals surface area contributed by atoms with Crippen LogP contribution in [0.25, 0.3) is 11.7 Å². The molecule has 2 aromatic heterocycles. The summed E-state index contributed by atoms with van der Waals surface area (Å²) in [5.41, 5.74) is 2.06. The molecule has 0 atom stereocenters. The van der Waals surface area contributed by atoms with E-state index in [1.165, 1.54) is 18.4 Å². The summed E-state index contributed by atoms with van der Waals surface area (Å²) in [5.74, 6) is -0.217. The van der Waals surface area contributed by atoms with E-state index in [9.17, 15) is 12.8 Å². The summed E-state index contributed by atoms with van der Waals surface area (Å²) >= 11 is 0. The van der Waals surface area contributed by atoms with Gasteiger partial charge in [-0.1, -0.05) is 29.8 Å². The first-order chi connectivity index (χ1) is 13.9. The highest BCUT2D eigenvalue weighted by Crippen LogP contribution is 2.32. The standard InChI is InChI=1S/C21H17FN2O4S/c1-14-4-6-15(7-5-14)13-23-20-21(24-19(28-20)18-3-2-12-27-18)29(25,26)17-10-8-16(22)9-11-17/h2-12,23H,13H2,1H3. The number of aromatic nitrogens is 1. The van der Waals surface area contributed by atoms with Crippen LogP contribution >= 0.6 is 0 Å². The number of hydrogen-bond acceptors (Lipinski definition) is 6. The molecule has 6 nitrogen and oxygen atoms in total. The van der Waals surface area contributed by atoms with Gasteiger partial charge in [0.2, 0.25) is 20.7 Å². The van der Waals surface area contributed by atoms with Crippen molar-refractivity contribution in [2.24, 2.45) is 0 Å². The molecule has 148 valence electrons. The van der Waals surface area contributed by atoms with Crippen LogP contribution in [0.1, 0.15) is 11.1 Å². The first-order valence-corrected chi connectivity index (χ1v) is 10.3. The number of nitrogens with zero attached hydrogens (tertiary/aromatic N) is 1. The molecule has 0 aliphatic rings. The van der Waals surface area contributed by atoms with E-state index in [-0.39, 0.29) is 21.7 Å². The fourth-order valence-electron chi connectivity index (χ4n) is 2.72. The van der Waals surface area contributed by atoms with Crippen molar-refractivity contribution in [2.45, 2.75) is 23.4 Å². The summed E-state index contributed by atoms with van der Waals surface area (Å²) in [6, 6.07) is 15.6. The Morgan fingerprint density at radius 3 is 2.41 bits per heavy atom. The fourth-order valence-corrected chi connectivity index (χ4v) is 4.00. The lowest BCUT2D eigenvalue weighted by Crippen LogP contribution is -2.07. The van der Waals surface area contributed by atoms with E-state index in [1.54, 1.807) is 12.1 Å². The maximum Gasteiger partial charge on any atom is 0.266 e. The Labute approximate surface area is 166 Å². The zero-order valence-electron chi connectivity index (χ0n) is 15.4. The second-order valence-corrected chi connectivity index (χ2v) is 8.29. The summed E-state index contributed by atoms with van der Waals surface area (Å²) in [4.78, 5) is 4.06. The molecule has 0 amide bonds. The lowest BCUT2D eigenvalue weighted by atomic mass is 10.1. The number of hydrogen-bond donors (Lipinski definition) is 1. The molecule has 2 heterocycles. The van der Waals surface area contributed by atoms with Gasteiger partial charge in [-0.15, -0.1) is 0 Å². The maximum atomic E-state index is 13.2. The van der Waals surface area contributed by atoms with Crippen LogP contribution in [0.3, 0.4) is 0 Å². The van der Waals surface area contributed by atoms with E-state index in [2.05, 4.69) is 10.3 Å². The van der Waals surface area contributed by atoms with E-state index < -0.39 is 15.7 Å². The van der Waals surface area contributed by atoms with Crippen molar-refractivity contribution in [3.63, 3.8) is 0 Å². The number of aryl methyl sites for hydroxylation is 1. The van der Waals surface area contributed by atoms with Crippen LogP contribution in [0.2, 0.25) is 0 Å². The number of furan rings is 1. The molecule has 0 saturated heterocycles. The van der Waals surface area contributed by atoms with Crippen LogP contribution in [0.15, 0.2) is 85.7 Å². The fraction of sp³-hybridized carbons (Fsp3) is 0.0952. The highest BCUT2D eigenvalue weighted by molar-refractivity contribution is 7.91. The van der Waals surface area contributed by atoms with Crippen molar-refractivity contribution in [2.75, 3.05) is 5.32 Å². The van der Waals surface area contributed by atoms with Crippen molar-refractivity contribution < 1.29 is 21.6 Å². The number of anilines is 1. The Morgan fingerprint density at radius 2 is 1.76 bits per heavy atom. The first-order valence-electron chi connectivity index (χ1n) is 8.78. The van der Waals surface area contributed by atoms with Crippen LogP contribution in [-0.4, -0.2) is 13.4 Å². The molecule has 0 aliphatic heterocycles. The predicted molar refractivity (Wildman–Crippen MR) is 105 cm³/mol. The molecule has 0 fully saturated rings. The van der Waals surface area contributed by atoms with Crippen LogP contribution in [0.4, 0.5) is 10.3 Å². The average molecular weight is 412 g/mol. The van der Waals surface area contributed by atoms with Gasteiger partial charge in [0.15, 0.2) is 5.76 Å². The Kier molecular flexibility index (Phi) is 4.94. The lowest BCUT2D eigenvalue weighted by molar-refractivity contribution is 0.522. The zero-order chi connectivity index (χ0) is 20.4. The summed E-state index contributed by atoms with van der Waals surface area (Å²) in [6.45, 7) is 2.32. The lowest BCUT2D eigenvalue weighted by Gasteiger charge is -2.07. The van der Waals surface area contributed by atoms with Crippen LogP contribution in [0, 0.1) is 12.7 Å². The zero-order valence-corrected chi connectivity index (χ0v) is 16.2. The third-order valence-corrected chi connectivity index (χ3v) is 5.96. The van der Waals surface area contributed by atoms with Crippen molar-refractivity contribution in [1.29, 1.82) is 0 Å². The minimum absolute atomic E-state index is 0.0127. The van der Waals surface area contributed by atoms with Gasteiger partial charge in [-0.25, -0.2) is 12.8 Å². The van der Waals surface area contributed by atoms with Gasteiger partial charge < -0.3 is 14.2 Å². The molecule has 2 aromatic carbocycles. The average Bonchev–Trinajstić information content (AvgIpc) is 3.38. The summed E-state index contributed by atoms with van der Waals surface area (Å²) in [6.07, 6.45) is 1.44. The molecule has 4 aromatic rings. The minimum atomic E-state index is -4.04. The van der Waals surface area contributed by atoms with Gasteiger partial charge in [-0.2, -0.15) is 4.98 Å². The molecule has 0 bridgehead atoms. The van der Waals surface area contributed by atoms with E-state index in [0.29, 0.717) is 12.3 Å². The normalized spacial score (nSPS) is 11.5. The third kappa shape index (κ3) is 3.93. The Bertz CT molecular complexity index is 1210. The molecule has 0 spiro atoms. The number of nitrogens with one attached hydrogen (secondary N) is 1. The molecule has 1 N–H and O–H groups in total. The SMILES string of the molecule is Cc1ccc(CNc2oc(-c3ccco3)nc2S(=O)(=O)c2ccc(F)cc2)cc1. The Balaban J connectivity index is 1.73. The first kappa shape index (κ1) is 18.9. The molecule has 0 aliphatic carbocycles. The van der Waals surface area contributed by atoms with Crippen LogP contribution in [-0.2, 0) is 16.4 Å². The van der Waals surface area contributed by atoms with Gasteiger partial charge in [-0.3, -0.25) is 0 Å². The van der Waals surface area contributed by atoms with Crippen molar-refractivity contribution >= 4 is 15.7 Å². The quantitative estimate of drug-likeness (QED) is 0.457. The summed E-state index contributed by atoms with van der Waals surface area (Å²) < 4.78 is 50.3. The Hall–Kier alpha value is -3.39. The summed E-state index contributed by atoms with van der Waals surface area (Å²) in [7, 11) is -4.04. The smallest absolute Gasteiger partial charge is 0.266 e. The third-order valence-electron chi connectivity index (χ3n) is 4.28. The maximum absolute atomic E-state index is 13.2. The number of sulfone groups is 1. The monoisotopic (exact) mass is 412 g/mol. The van der Waals surface area contributed by atoms with Gasteiger partial charge >= 0.3 is 0 Å². The molecule has 0 unspecified atom stereocenters. The van der Waals surface area contributed by atoms with E-state index in [4.69, 9.17) is 8.83 Å². The van der Waals surface area contributed by atoms with Gasteiger partial charge in [0, 0.05) is 6.54 Å². The highest BCUT2D eigenvalue weighted by atomic mass is 32.2. The van der Waals surface area contributed by atoms with Gasteiger partial charge in [0.1, 0.15) is 5.82 Å². The van der Waals surface area contributed by atoms with E-state index >= 15 is 0 Å². The topological polar surface area (TPSA) is 85.3 Å². The number of oxazole rings is 1. The second-order valence-electron chi connectivity index (χ2n) is 6.43. The second kappa shape index (κ2) is 7.56. The molecule has 0 radical (unpaired) electrons. The summed E-state index contributed by atoms with van der Waals surface area (Å²) in [5, 5.41) is 2.71. The largest absolute Gasteiger partial charge is 0.459 e. The molecule has 8 heteroatoms. The van der Waals surface area contributed by atoms with Crippen LogP contribution in [0.5, 0.6) is 0 Å². The van der Waals surface area contributed by atoms with Crippen molar-refractivity contribution in [3.8, 4) is 11.7 Å². The van der Waals surface area contributed by atoms with Gasteiger partial charge in [0.25, 0.3) is 5.89 Å². The van der Waals surface area contributed by atoms with E-state index in [1.807, 2.05) is 31.2 Å². The van der Waals surface area contributed by atoms with Gasteiger partial charge in [0.05, 0.1) is 11.2 Å². The molecule has 0 saturated carbocycles.